The zero-order valence-corrected chi connectivity index (χ0v) is 12.8. The van der Waals surface area contributed by atoms with Crippen molar-refractivity contribution in [2.75, 3.05) is 5.43 Å². The quantitative estimate of drug-likeness (QED) is 0.844. The molecule has 0 aliphatic carbocycles. The van der Waals surface area contributed by atoms with Crippen LogP contribution < -0.4 is 10.9 Å². The van der Waals surface area contributed by atoms with Crippen molar-refractivity contribution < 1.29 is 18.0 Å². The van der Waals surface area contributed by atoms with E-state index in [-0.39, 0.29) is 11.5 Å². The van der Waals surface area contributed by atoms with E-state index in [0.29, 0.717) is 5.56 Å². The van der Waals surface area contributed by atoms with Crippen LogP contribution in [-0.2, 0) is 6.18 Å². The molecule has 0 atom stereocenters. The van der Waals surface area contributed by atoms with Crippen LogP contribution in [-0.4, -0.2) is 10.9 Å². The number of anilines is 1. The number of nitrogens with one attached hydrogen (secondary N) is 2. The molecule has 0 aliphatic rings. The van der Waals surface area contributed by atoms with E-state index in [0.717, 1.165) is 11.6 Å². The molecule has 5 nitrogen and oxygen atoms in total. The molecular weight excluding hydrogens is 321 g/mol. The molecule has 2 rings (SSSR count). The number of hydrogen-bond donors (Lipinski definition) is 2. The minimum Gasteiger partial charge on any atom is -0.280 e. The Morgan fingerprint density at radius 3 is 2.38 bits per heavy atom. The summed E-state index contributed by atoms with van der Waals surface area (Å²) in [4.78, 5) is 15.8. The molecule has 1 amide bonds. The molecule has 0 fully saturated rings. The van der Waals surface area contributed by atoms with Gasteiger partial charge in [-0.15, -0.1) is 0 Å². The van der Waals surface area contributed by atoms with Crippen LogP contribution in [0.5, 0.6) is 0 Å². The van der Waals surface area contributed by atoms with E-state index >= 15 is 0 Å². The Kier molecular flexibility index (Phi) is 4.74. The van der Waals surface area contributed by atoms with E-state index in [1.54, 1.807) is 24.3 Å². The summed E-state index contributed by atoms with van der Waals surface area (Å²) < 4.78 is 39.0. The van der Waals surface area contributed by atoms with Crippen molar-refractivity contribution in [1.82, 2.24) is 10.4 Å². The summed E-state index contributed by atoms with van der Waals surface area (Å²) in [6.45, 7) is 3.22. The van der Waals surface area contributed by atoms with Gasteiger partial charge in [0.15, 0.2) is 5.82 Å². The molecule has 0 bridgehead atoms. The maximum Gasteiger partial charge on any atom is 0.417 e. The summed E-state index contributed by atoms with van der Waals surface area (Å²) in [5.41, 5.74) is 4.09. The van der Waals surface area contributed by atoms with E-state index in [1.807, 2.05) is 6.92 Å². The number of alkyl halides is 3. The van der Waals surface area contributed by atoms with Gasteiger partial charge in [-0.3, -0.25) is 15.6 Å². The number of benzene rings is 1. The van der Waals surface area contributed by atoms with Crippen LogP contribution in [0.1, 0.15) is 32.7 Å². The summed E-state index contributed by atoms with van der Waals surface area (Å²) >= 11 is 0. The fourth-order valence-electron chi connectivity index (χ4n) is 1.99. The molecule has 0 spiro atoms. The van der Waals surface area contributed by atoms with Crippen molar-refractivity contribution in [2.45, 2.75) is 20.0 Å². The molecule has 0 saturated heterocycles. The lowest BCUT2D eigenvalue weighted by atomic mass is 10.1. The topological polar surface area (TPSA) is 77.8 Å². The Labute approximate surface area is 136 Å². The number of aryl methyl sites for hydroxylation is 2. The average molecular weight is 334 g/mol. The first-order valence-corrected chi connectivity index (χ1v) is 6.84. The predicted octanol–water partition coefficient (Wildman–Crippen LogP) is 3.35. The molecule has 0 aliphatic heterocycles. The van der Waals surface area contributed by atoms with Crippen molar-refractivity contribution >= 4 is 11.7 Å². The number of halogens is 3. The van der Waals surface area contributed by atoms with E-state index in [1.165, 1.54) is 13.0 Å². The highest BCUT2D eigenvalue weighted by Gasteiger charge is 2.35. The van der Waals surface area contributed by atoms with Gasteiger partial charge in [0.2, 0.25) is 0 Å². The average Bonchev–Trinajstić information content (AvgIpc) is 2.51. The van der Waals surface area contributed by atoms with E-state index in [4.69, 9.17) is 5.26 Å². The van der Waals surface area contributed by atoms with Gasteiger partial charge in [0.25, 0.3) is 5.91 Å². The smallest absolute Gasteiger partial charge is 0.280 e. The lowest BCUT2D eigenvalue weighted by Crippen LogP contribution is -2.30. The first-order valence-electron chi connectivity index (χ1n) is 6.84. The van der Waals surface area contributed by atoms with Crippen LogP contribution in [0.4, 0.5) is 19.0 Å². The lowest BCUT2D eigenvalue weighted by Gasteiger charge is -2.14. The zero-order chi connectivity index (χ0) is 17.9. The third-order valence-corrected chi connectivity index (χ3v) is 3.17. The minimum atomic E-state index is -4.70. The molecule has 1 aromatic heterocycles. The molecule has 8 heteroatoms. The zero-order valence-electron chi connectivity index (χ0n) is 12.8. The monoisotopic (exact) mass is 334 g/mol. The Morgan fingerprint density at radius 1 is 1.21 bits per heavy atom. The van der Waals surface area contributed by atoms with Gasteiger partial charge in [0.05, 0.1) is 5.56 Å². The van der Waals surface area contributed by atoms with Crippen molar-refractivity contribution in [1.29, 1.82) is 5.26 Å². The molecule has 0 unspecified atom stereocenters. The number of hydrazine groups is 1. The highest BCUT2D eigenvalue weighted by Crippen LogP contribution is 2.34. The normalized spacial score (nSPS) is 10.8. The molecule has 0 radical (unpaired) electrons. The van der Waals surface area contributed by atoms with Crippen LogP contribution in [0.25, 0.3) is 0 Å². The third kappa shape index (κ3) is 3.81. The standard InChI is InChI=1S/C16H13F3N4O/c1-9-3-5-11(6-4-9)15(24)23-22-14-12(8-20)13(16(17,18)19)7-10(2)21-14/h3-7H,1-2H3,(H,21,22)(H,23,24). The van der Waals surface area contributed by atoms with Gasteiger partial charge in [-0.25, -0.2) is 4.98 Å². The van der Waals surface area contributed by atoms with Crippen molar-refractivity contribution in [3.8, 4) is 6.07 Å². The number of nitrogens with zero attached hydrogens (tertiary/aromatic N) is 2. The Bertz CT molecular complexity index is 808. The maximum absolute atomic E-state index is 13.0. The van der Waals surface area contributed by atoms with E-state index < -0.39 is 23.2 Å². The molecule has 0 saturated carbocycles. The summed E-state index contributed by atoms with van der Waals surface area (Å²) in [5, 5.41) is 9.02. The molecular formula is C16H13F3N4O. The number of rotatable bonds is 3. The molecule has 1 aromatic carbocycles. The lowest BCUT2D eigenvalue weighted by molar-refractivity contribution is -0.137. The Hall–Kier alpha value is -3.08. The van der Waals surface area contributed by atoms with Gasteiger partial charge in [0, 0.05) is 11.3 Å². The van der Waals surface area contributed by atoms with Gasteiger partial charge < -0.3 is 0 Å². The number of carbonyl (C=O) groups is 1. The second kappa shape index (κ2) is 6.58. The first kappa shape index (κ1) is 17.3. The third-order valence-electron chi connectivity index (χ3n) is 3.17. The number of pyridine rings is 1. The molecule has 1 heterocycles. The number of hydrogen-bond acceptors (Lipinski definition) is 4. The van der Waals surface area contributed by atoms with Crippen molar-refractivity contribution in [3.05, 3.63) is 58.3 Å². The predicted molar refractivity (Wildman–Crippen MR) is 81.0 cm³/mol. The molecule has 24 heavy (non-hydrogen) atoms. The molecule has 2 N–H and O–H groups in total. The Morgan fingerprint density at radius 2 is 1.83 bits per heavy atom. The fourth-order valence-corrected chi connectivity index (χ4v) is 1.99. The highest BCUT2D eigenvalue weighted by molar-refractivity contribution is 5.94. The van der Waals surface area contributed by atoms with Gasteiger partial charge >= 0.3 is 6.18 Å². The van der Waals surface area contributed by atoms with Gasteiger partial charge in [-0.2, -0.15) is 18.4 Å². The Balaban J connectivity index is 2.27. The summed E-state index contributed by atoms with van der Waals surface area (Å²) in [6, 6.07) is 8.85. The summed E-state index contributed by atoms with van der Waals surface area (Å²) in [7, 11) is 0. The minimum absolute atomic E-state index is 0.0633. The second-order valence-corrected chi connectivity index (χ2v) is 5.09. The highest BCUT2D eigenvalue weighted by atomic mass is 19.4. The van der Waals surface area contributed by atoms with Crippen LogP contribution in [0, 0.1) is 25.2 Å². The van der Waals surface area contributed by atoms with Crippen LogP contribution in [0.3, 0.4) is 0 Å². The van der Waals surface area contributed by atoms with Gasteiger partial charge in [0.1, 0.15) is 11.6 Å². The van der Waals surface area contributed by atoms with Crippen LogP contribution >= 0.6 is 0 Å². The number of carbonyl (C=O) groups excluding carboxylic acids is 1. The second-order valence-electron chi connectivity index (χ2n) is 5.09. The number of nitriles is 1. The number of amides is 1. The largest absolute Gasteiger partial charge is 0.417 e. The SMILES string of the molecule is Cc1ccc(C(=O)NNc2nc(C)cc(C(F)(F)F)c2C#N)cc1. The summed E-state index contributed by atoms with van der Waals surface area (Å²) in [5.74, 6) is -0.916. The summed E-state index contributed by atoms with van der Waals surface area (Å²) in [6.07, 6.45) is -4.70. The van der Waals surface area contributed by atoms with Crippen molar-refractivity contribution in [2.24, 2.45) is 0 Å². The van der Waals surface area contributed by atoms with Gasteiger partial charge in [-0.1, -0.05) is 17.7 Å². The van der Waals surface area contributed by atoms with Crippen LogP contribution in [0.2, 0.25) is 0 Å². The first-order chi connectivity index (χ1) is 11.2. The number of aromatic nitrogens is 1. The fraction of sp³-hybridized carbons (Fsp3) is 0.188. The maximum atomic E-state index is 13.0. The van der Waals surface area contributed by atoms with Crippen LogP contribution in [0.15, 0.2) is 30.3 Å². The van der Waals surface area contributed by atoms with Gasteiger partial charge in [-0.05, 0) is 32.0 Å². The van der Waals surface area contributed by atoms with E-state index in [9.17, 15) is 18.0 Å². The van der Waals surface area contributed by atoms with Crippen molar-refractivity contribution in [3.63, 3.8) is 0 Å². The van der Waals surface area contributed by atoms with E-state index in [2.05, 4.69) is 15.8 Å². The molecule has 2 aromatic rings. The molecule has 124 valence electrons.